The van der Waals surface area contributed by atoms with Crippen LogP contribution in [0.3, 0.4) is 0 Å². The van der Waals surface area contributed by atoms with Gasteiger partial charge in [-0.25, -0.2) is 17.7 Å². The second-order valence-electron chi connectivity index (χ2n) is 8.70. The number of nitrogen functional groups attached to an aromatic ring is 1. The number of nitrogens with two attached hydrogens (primary N) is 1. The molecule has 1 fully saturated rings. The predicted octanol–water partition coefficient (Wildman–Crippen LogP) is 1.17. The predicted molar refractivity (Wildman–Crippen MR) is 135 cm³/mol. The van der Waals surface area contributed by atoms with Crippen LogP contribution in [0.4, 0.5) is 26.4 Å². The number of rotatable bonds is 8. The maximum absolute atomic E-state index is 14.0. The smallest absolute Gasteiger partial charge is 0.368 e. The number of nitrogens with one attached hydrogen (secondary N) is 2. The molecule has 1 amide bonds. The van der Waals surface area contributed by atoms with Gasteiger partial charge in [-0.1, -0.05) is 6.07 Å². The van der Waals surface area contributed by atoms with Crippen molar-refractivity contribution in [3.8, 4) is 0 Å². The number of nitrogens with zero attached hydrogens (tertiary/aromatic N) is 5. The molecule has 38 heavy (non-hydrogen) atoms. The number of piperazine rings is 1. The summed E-state index contributed by atoms with van der Waals surface area (Å²) < 4.78 is 53.8. The number of hydrogen-bond donors (Lipinski definition) is 3. The normalized spacial score (nSPS) is 16.1. The molecule has 3 aromatic rings. The second-order valence-corrected chi connectivity index (χ2v) is 10.4. The van der Waals surface area contributed by atoms with Crippen LogP contribution < -0.4 is 15.8 Å². The van der Waals surface area contributed by atoms with E-state index in [1.165, 1.54) is 24.3 Å². The molecule has 0 aliphatic carbocycles. The van der Waals surface area contributed by atoms with E-state index in [-0.39, 0.29) is 17.3 Å². The molecule has 1 aromatic heterocycles. The third-order valence-corrected chi connectivity index (χ3v) is 7.35. The highest BCUT2D eigenvalue weighted by molar-refractivity contribution is 7.90. The number of amides is 1. The van der Waals surface area contributed by atoms with Crippen LogP contribution in [0.2, 0.25) is 0 Å². The first-order valence-corrected chi connectivity index (χ1v) is 13.1. The standard InChI is InChI=1S/C23H26F2N8O4S/c1-31-11-13-32(14-12-31)10-9-19(34)30-38(36,37)16-7-5-15(6-8-16)27-23-28-22(26)33(29-23)21(35)20-17(24)3-2-4-18(20)25/h2-8H,9-14H2,1H3,(H3,26,27,28,29)(H,30,34,36,37)/p+1. The highest BCUT2D eigenvalue weighted by atomic mass is 32.2. The molecule has 4 rings (SSSR count). The van der Waals surface area contributed by atoms with Gasteiger partial charge in [-0.05, 0) is 43.4 Å². The van der Waals surface area contributed by atoms with Gasteiger partial charge in [0.1, 0.15) is 22.1 Å². The van der Waals surface area contributed by atoms with Crippen LogP contribution in [0.5, 0.6) is 0 Å². The monoisotopic (exact) mass is 549 g/mol. The molecule has 0 bridgehead atoms. The Morgan fingerprint density at radius 1 is 1.08 bits per heavy atom. The van der Waals surface area contributed by atoms with Crippen molar-refractivity contribution in [2.75, 3.05) is 50.8 Å². The fraction of sp³-hybridized carbons (Fsp3) is 0.304. The number of anilines is 3. The lowest BCUT2D eigenvalue weighted by atomic mass is 10.2. The second kappa shape index (κ2) is 11.2. The molecule has 0 spiro atoms. The zero-order valence-electron chi connectivity index (χ0n) is 20.4. The summed E-state index contributed by atoms with van der Waals surface area (Å²) >= 11 is 0. The maximum atomic E-state index is 14.0. The van der Waals surface area contributed by atoms with Crippen LogP contribution >= 0.6 is 0 Å². The van der Waals surface area contributed by atoms with Gasteiger partial charge in [0.25, 0.3) is 5.91 Å². The molecule has 0 saturated carbocycles. The van der Waals surface area contributed by atoms with E-state index in [2.05, 4.69) is 29.9 Å². The summed E-state index contributed by atoms with van der Waals surface area (Å²) in [6.45, 7) is 3.97. The minimum absolute atomic E-state index is 0.0285. The third-order valence-electron chi connectivity index (χ3n) is 5.93. The van der Waals surface area contributed by atoms with E-state index in [1.807, 2.05) is 7.05 Å². The SMILES string of the molecule is CN1CCN(CCC(=O)NS(=O)(=[OH+])c2ccc(Nc3nc(N)n(C(=O)c4c(F)cccc4F)n3)cc2)CC1. The molecule has 1 saturated heterocycles. The number of benzene rings is 2. The first kappa shape index (κ1) is 27.1. The van der Waals surface area contributed by atoms with Crippen molar-refractivity contribution < 1.29 is 26.8 Å². The number of carbonyl (C=O) groups is 2. The van der Waals surface area contributed by atoms with Gasteiger partial charge in [0.05, 0.1) is 0 Å². The van der Waals surface area contributed by atoms with Crippen molar-refractivity contribution in [2.45, 2.75) is 11.3 Å². The van der Waals surface area contributed by atoms with Gasteiger partial charge in [-0.15, -0.1) is 5.10 Å². The van der Waals surface area contributed by atoms with Crippen LogP contribution in [0, 0.1) is 11.6 Å². The number of likely N-dealkylation sites (N-methyl/N-ethyl adjacent to an activating group) is 1. The Balaban J connectivity index is 1.37. The summed E-state index contributed by atoms with van der Waals surface area (Å²) in [7, 11) is -1.81. The van der Waals surface area contributed by atoms with Crippen LogP contribution in [-0.4, -0.2) is 84.6 Å². The zero-order chi connectivity index (χ0) is 27.4. The van der Waals surface area contributed by atoms with Crippen LogP contribution in [0.1, 0.15) is 16.8 Å². The fourth-order valence-electron chi connectivity index (χ4n) is 3.78. The lowest BCUT2D eigenvalue weighted by molar-refractivity contribution is -0.119. The van der Waals surface area contributed by atoms with Gasteiger partial charge in [0.15, 0.2) is 0 Å². The molecular formula is C23H27F2N8O4S+. The Bertz CT molecular complexity index is 1420. The van der Waals surface area contributed by atoms with Crippen molar-refractivity contribution in [3.63, 3.8) is 0 Å². The van der Waals surface area contributed by atoms with E-state index in [0.29, 0.717) is 16.9 Å². The Hall–Kier alpha value is -3.95. The van der Waals surface area contributed by atoms with Crippen LogP contribution in [-0.2, 0) is 14.8 Å². The topological polar surface area (TPSA) is 160 Å². The number of aromatic nitrogens is 3. The van der Waals surface area contributed by atoms with Crippen LogP contribution in [0.25, 0.3) is 0 Å². The minimum atomic E-state index is -3.84. The molecular weight excluding hydrogens is 522 g/mol. The van der Waals surface area contributed by atoms with Crippen molar-refractivity contribution in [1.82, 2.24) is 29.3 Å². The zero-order valence-corrected chi connectivity index (χ0v) is 21.3. The van der Waals surface area contributed by atoms with Gasteiger partial charge >= 0.3 is 10.0 Å². The van der Waals surface area contributed by atoms with E-state index in [9.17, 15) is 26.8 Å². The summed E-state index contributed by atoms with van der Waals surface area (Å²) in [5.41, 5.74) is 5.23. The third kappa shape index (κ3) is 6.30. The molecule has 1 aliphatic heterocycles. The van der Waals surface area contributed by atoms with Gasteiger partial charge in [-0.3, -0.25) is 9.59 Å². The van der Waals surface area contributed by atoms with Crippen molar-refractivity contribution >= 4 is 39.4 Å². The highest BCUT2D eigenvalue weighted by Crippen LogP contribution is 2.20. The summed E-state index contributed by atoms with van der Waals surface area (Å²) in [6.07, 6.45) is 0.0894. The minimum Gasteiger partial charge on any atom is -0.368 e. The van der Waals surface area contributed by atoms with Crippen molar-refractivity contribution in [3.05, 3.63) is 59.7 Å². The van der Waals surface area contributed by atoms with E-state index in [4.69, 9.17) is 5.73 Å². The molecule has 15 heteroatoms. The number of halogens is 2. The lowest BCUT2D eigenvalue weighted by Gasteiger charge is -2.32. The van der Waals surface area contributed by atoms with E-state index >= 15 is 0 Å². The molecule has 0 radical (unpaired) electrons. The van der Waals surface area contributed by atoms with Gasteiger partial charge in [0, 0.05) is 44.8 Å². The summed E-state index contributed by atoms with van der Waals surface area (Å²) in [4.78, 5) is 33.0. The summed E-state index contributed by atoms with van der Waals surface area (Å²) in [5.74, 6) is -4.39. The van der Waals surface area contributed by atoms with Gasteiger partial charge in [0.2, 0.25) is 17.8 Å². The lowest BCUT2D eigenvalue weighted by Crippen LogP contribution is -2.45. The summed E-state index contributed by atoms with van der Waals surface area (Å²) in [6, 6.07) is 8.48. The molecule has 1 atom stereocenters. The average molecular weight is 550 g/mol. The quantitative estimate of drug-likeness (QED) is 0.351. The first-order chi connectivity index (χ1) is 18.0. The Morgan fingerprint density at radius 2 is 1.71 bits per heavy atom. The van der Waals surface area contributed by atoms with E-state index in [1.54, 1.807) is 0 Å². The highest BCUT2D eigenvalue weighted by Gasteiger charge is 2.25. The van der Waals surface area contributed by atoms with E-state index in [0.717, 1.165) is 44.4 Å². The number of hydrogen-bond acceptors (Lipinski definition) is 9. The molecule has 1 aliphatic rings. The maximum Gasteiger partial charge on any atom is 0.398 e. The number of carbonyl (C=O) groups excluding carboxylic acids is 2. The van der Waals surface area contributed by atoms with Crippen molar-refractivity contribution in [1.29, 1.82) is 0 Å². The van der Waals surface area contributed by atoms with E-state index < -0.39 is 45.0 Å². The molecule has 12 nitrogen and oxygen atoms in total. The average Bonchev–Trinajstić information content (AvgIpc) is 3.23. The molecule has 5 N–H and O–H groups in total. The largest absolute Gasteiger partial charge is 0.398 e. The van der Waals surface area contributed by atoms with Gasteiger partial charge < -0.3 is 20.9 Å². The Labute approximate surface area is 217 Å². The Morgan fingerprint density at radius 3 is 2.34 bits per heavy atom. The molecule has 1 unspecified atom stereocenters. The van der Waals surface area contributed by atoms with Crippen LogP contribution in [0.15, 0.2) is 47.4 Å². The molecule has 2 heterocycles. The van der Waals surface area contributed by atoms with Gasteiger partial charge in [-0.2, -0.15) is 13.9 Å². The summed E-state index contributed by atoms with van der Waals surface area (Å²) in [5, 5.41) is 6.60. The van der Waals surface area contributed by atoms with Crippen molar-refractivity contribution in [2.24, 2.45) is 0 Å². The fourth-order valence-corrected chi connectivity index (χ4v) is 4.82. The first-order valence-electron chi connectivity index (χ1n) is 11.6. The Kier molecular flexibility index (Phi) is 7.99. The molecule has 202 valence electrons. The molecule has 2 aromatic carbocycles.